The van der Waals surface area contributed by atoms with Crippen molar-refractivity contribution < 1.29 is 26.0 Å². The van der Waals surface area contributed by atoms with Crippen LogP contribution in [0.2, 0.25) is 0 Å². The van der Waals surface area contributed by atoms with E-state index < -0.39 is 44.0 Å². The molecule has 12 heteroatoms. The average Bonchev–Trinajstić information content (AvgIpc) is 3.36. The van der Waals surface area contributed by atoms with Gasteiger partial charge in [0.2, 0.25) is 5.95 Å². The molecule has 1 N–H and O–H groups in total. The highest BCUT2D eigenvalue weighted by molar-refractivity contribution is 7.92. The summed E-state index contributed by atoms with van der Waals surface area (Å²) in [5.41, 5.74) is 0.494. The first-order chi connectivity index (χ1) is 19.0. The van der Waals surface area contributed by atoms with E-state index in [1.807, 2.05) is 4.72 Å². The van der Waals surface area contributed by atoms with Gasteiger partial charge in [0.15, 0.2) is 5.82 Å². The van der Waals surface area contributed by atoms with E-state index >= 15 is 4.39 Å². The summed E-state index contributed by atoms with van der Waals surface area (Å²) in [5.74, 6) is -3.84. The summed E-state index contributed by atoms with van der Waals surface area (Å²) in [4.78, 5) is 5.00. The molecule has 7 nitrogen and oxygen atoms in total. The van der Waals surface area contributed by atoms with Gasteiger partial charge in [0.25, 0.3) is 10.0 Å². The number of hydrogen-bond acceptors (Lipinski definition) is 5. The number of likely N-dealkylation sites (tertiary alicyclic amines) is 1. The number of piperidine rings is 1. The molecule has 40 heavy (non-hydrogen) atoms. The topological polar surface area (TPSA) is 80.1 Å². The Labute approximate surface area is 229 Å². The van der Waals surface area contributed by atoms with Crippen LogP contribution >= 0.6 is 0 Å². The molecule has 2 aromatic carbocycles. The van der Waals surface area contributed by atoms with Gasteiger partial charge in [-0.25, -0.2) is 26.6 Å². The van der Waals surface area contributed by atoms with Crippen molar-refractivity contribution in [3.8, 4) is 22.4 Å². The van der Waals surface area contributed by atoms with E-state index in [4.69, 9.17) is 5.10 Å². The van der Waals surface area contributed by atoms with E-state index in [-0.39, 0.29) is 17.3 Å². The van der Waals surface area contributed by atoms with E-state index in [0.29, 0.717) is 29.3 Å². The van der Waals surface area contributed by atoms with Gasteiger partial charge in [-0.15, -0.1) is 0 Å². The van der Waals surface area contributed by atoms with Gasteiger partial charge in [-0.05, 0) is 68.7 Å². The van der Waals surface area contributed by atoms with Gasteiger partial charge in [-0.3, -0.25) is 9.40 Å². The lowest BCUT2D eigenvalue weighted by molar-refractivity contribution is 0.147. The molecule has 0 radical (unpaired) electrons. The number of benzene rings is 2. The Kier molecular flexibility index (Phi) is 7.65. The van der Waals surface area contributed by atoms with E-state index in [1.54, 1.807) is 16.9 Å². The van der Waals surface area contributed by atoms with E-state index in [1.165, 1.54) is 24.4 Å². The number of anilines is 1. The van der Waals surface area contributed by atoms with Gasteiger partial charge in [-0.1, -0.05) is 6.07 Å². The average molecular weight is 574 g/mol. The number of hydrogen-bond donors (Lipinski definition) is 1. The van der Waals surface area contributed by atoms with Crippen LogP contribution in [-0.2, 0) is 10.0 Å². The monoisotopic (exact) mass is 573 g/mol. The fourth-order valence-corrected chi connectivity index (χ4v) is 6.05. The second-order valence-electron chi connectivity index (χ2n) is 9.95. The molecule has 3 heterocycles. The van der Waals surface area contributed by atoms with Crippen molar-refractivity contribution in [1.82, 2.24) is 19.7 Å². The summed E-state index contributed by atoms with van der Waals surface area (Å²) in [6.45, 7) is 5.99. The lowest BCUT2D eigenvalue weighted by Gasteiger charge is -2.34. The zero-order valence-corrected chi connectivity index (χ0v) is 22.6. The standard InChI is InChI=1S/C28H27F4N5O2S/c1-17(2)36-12-9-20(10-13-36)37-16-22(18-8-11-33-26(31)14-18)28(34-37)21-4-3-5-24(27(21)32)35-40(38,39)25-15-19(29)6-7-23(25)30/h3-8,11,14-17,20,35H,9-10,12-13H2,1-2H3. The molecule has 0 aliphatic carbocycles. The second kappa shape index (κ2) is 11.0. The molecule has 210 valence electrons. The van der Waals surface area contributed by atoms with Crippen LogP contribution in [0.4, 0.5) is 23.2 Å². The minimum atomic E-state index is -4.67. The molecule has 0 unspecified atom stereocenters. The SMILES string of the molecule is CC(C)N1CCC(n2cc(-c3ccnc(F)c3)c(-c3cccc(NS(=O)(=O)c4cc(F)ccc4F)c3F)n2)CC1. The maximum atomic E-state index is 15.9. The predicted octanol–water partition coefficient (Wildman–Crippen LogP) is 6.01. The molecule has 0 bridgehead atoms. The minimum Gasteiger partial charge on any atom is -0.301 e. The number of halogens is 4. The van der Waals surface area contributed by atoms with Gasteiger partial charge >= 0.3 is 0 Å². The van der Waals surface area contributed by atoms with Crippen molar-refractivity contribution in [2.75, 3.05) is 17.8 Å². The molecular weight excluding hydrogens is 546 g/mol. The Balaban J connectivity index is 1.55. The minimum absolute atomic E-state index is 0.0230. The van der Waals surface area contributed by atoms with Gasteiger partial charge in [0.05, 0.1) is 11.7 Å². The van der Waals surface area contributed by atoms with Crippen molar-refractivity contribution in [2.24, 2.45) is 0 Å². The zero-order chi connectivity index (χ0) is 28.6. The maximum Gasteiger partial charge on any atom is 0.265 e. The molecule has 4 aromatic rings. The van der Waals surface area contributed by atoms with Crippen molar-refractivity contribution in [3.05, 3.63) is 84.3 Å². The predicted molar refractivity (Wildman–Crippen MR) is 143 cm³/mol. The molecule has 1 aliphatic rings. The Hall–Kier alpha value is -3.77. The molecule has 1 saturated heterocycles. The molecule has 1 fully saturated rings. The summed E-state index contributed by atoms with van der Waals surface area (Å²) >= 11 is 0. The number of rotatable bonds is 7. The van der Waals surface area contributed by atoms with Crippen molar-refractivity contribution in [2.45, 2.75) is 43.7 Å². The highest BCUT2D eigenvalue weighted by atomic mass is 32.2. The van der Waals surface area contributed by atoms with Crippen LogP contribution < -0.4 is 4.72 Å². The van der Waals surface area contributed by atoms with Crippen molar-refractivity contribution in [1.29, 1.82) is 0 Å². The van der Waals surface area contributed by atoms with Gasteiger partial charge in [0.1, 0.15) is 22.2 Å². The molecule has 5 rings (SSSR count). The Morgan fingerprint density at radius 3 is 2.42 bits per heavy atom. The summed E-state index contributed by atoms with van der Waals surface area (Å²) in [6.07, 6.45) is 4.65. The highest BCUT2D eigenvalue weighted by Crippen LogP contribution is 2.37. The van der Waals surface area contributed by atoms with E-state index in [0.717, 1.165) is 38.1 Å². The molecule has 0 atom stereocenters. The first-order valence-corrected chi connectivity index (χ1v) is 14.2. The largest absolute Gasteiger partial charge is 0.301 e. The van der Waals surface area contributed by atoms with Crippen LogP contribution in [0.1, 0.15) is 32.7 Å². The second-order valence-corrected chi connectivity index (χ2v) is 11.6. The Morgan fingerprint density at radius 1 is 0.975 bits per heavy atom. The van der Waals surface area contributed by atoms with E-state index in [9.17, 15) is 21.6 Å². The first-order valence-electron chi connectivity index (χ1n) is 12.8. The summed E-state index contributed by atoms with van der Waals surface area (Å²) in [5, 5.41) is 4.69. The smallest absolute Gasteiger partial charge is 0.265 e. The van der Waals surface area contributed by atoms with Crippen LogP contribution in [0.3, 0.4) is 0 Å². The Morgan fingerprint density at radius 2 is 1.73 bits per heavy atom. The van der Waals surface area contributed by atoms with E-state index in [2.05, 4.69) is 23.7 Å². The third-order valence-corrected chi connectivity index (χ3v) is 8.43. The summed E-state index contributed by atoms with van der Waals surface area (Å²) in [6, 6.07) is 9.19. The van der Waals surface area contributed by atoms with Crippen LogP contribution in [0.15, 0.2) is 65.8 Å². The number of nitrogens with zero attached hydrogens (tertiary/aromatic N) is 4. The van der Waals surface area contributed by atoms with Crippen LogP contribution in [0.25, 0.3) is 22.4 Å². The lowest BCUT2D eigenvalue weighted by atomic mass is 10.0. The molecule has 1 aliphatic heterocycles. The molecule has 2 aromatic heterocycles. The van der Waals surface area contributed by atoms with Gasteiger partial charge < -0.3 is 4.90 Å². The van der Waals surface area contributed by atoms with Gasteiger partial charge in [-0.2, -0.15) is 9.49 Å². The third kappa shape index (κ3) is 5.59. The van der Waals surface area contributed by atoms with Crippen LogP contribution in [-0.4, -0.2) is 47.2 Å². The number of pyridine rings is 1. The molecule has 0 spiro atoms. The van der Waals surface area contributed by atoms with Crippen molar-refractivity contribution >= 4 is 15.7 Å². The number of nitrogens with one attached hydrogen (secondary N) is 1. The van der Waals surface area contributed by atoms with Crippen molar-refractivity contribution in [3.63, 3.8) is 0 Å². The summed E-state index contributed by atoms with van der Waals surface area (Å²) < 4.78 is 87.3. The van der Waals surface area contributed by atoms with Crippen LogP contribution in [0, 0.1) is 23.4 Å². The van der Waals surface area contributed by atoms with Crippen LogP contribution in [0.5, 0.6) is 0 Å². The third-order valence-electron chi connectivity index (χ3n) is 7.05. The normalized spacial score (nSPS) is 15.1. The lowest BCUT2D eigenvalue weighted by Crippen LogP contribution is -2.39. The fourth-order valence-electron chi connectivity index (χ4n) is 4.90. The molecule has 0 amide bonds. The van der Waals surface area contributed by atoms with Gasteiger partial charge in [0, 0.05) is 48.7 Å². The first kappa shape index (κ1) is 27.8. The number of sulfonamides is 1. The maximum absolute atomic E-state index is 15.9. The Bertz CT molecular complexity index is 1650. The zero-order valence-electron chi connectivity index (χ0n) is 21.8. The quantitative estimate of drug-likeness (QED) is 0.216. The summed E-state index contributed by atoms with van der Waals surface area (Å²) in [7, 11) is -4.67. The molecule has 0 saturated carbocycles. The highest BCUT2D eigenvalue weighted by Gasteiger charge is 2.27. The number of aromatic nitrogens is 3. The molecular formula is C28H27F4N5O2S. The fraction of sp³-hybridized carbons (Fsp3) is 0.286.